The van der Waals surface area contributed by atoms with Gasteiger partial charge in [0.15, 0.2) is 22.5 Å². The number of hydrogen-bond donors (Lipinski definition) is 1. The summed E-state index contributed by atoms with van der Waals surface area (Å²) in [6, 6.07) is 13.4. The first-order chi connectivity index (χ1) is 14.5. The van der Waals surface area contributed by atoms with Crippen LogP contribution in [0.2, 0.25) is 0 Å². The average molecular weight is 427 g/mol. The highest BCUT2D eigenvalue weighted by Gasteiger charge is 2.15. The van der Waals surface area contributed by atoms with Crippen LogP contribution in [0.4, 0.5) is 5.69 Å². The molecule has 1 amide bonds. The van der Waals surface area contributed by atoms with E-state index in [-0.39, 0.29) is 18.3 Å². The van der Waals surface area contributed by atoms with Crippen LogP contribution >= 0.6 is 11.8 Å². The first-order valence-electron chi connectivity index (χ1n) is 9.70. The molecule has 0 aliphatic heterocycles. The Bertz CT molecular complexity index is 999. The molecule has 0 bridgehead atoms. The quantitative estimate of drug-likeness (QED) is 0.516. The summed E-state index contributed by atoms with van der Waals surface area (Å²) in [6.07, 6.45) is 0. The van der Waals surface area contributed by atoms with Gasteiger partial charge in [-0.3, -0.25) is 4.79 Å². The second kappa shape index (κ2) is 10.2. The number of ether oxygens (including phenoxy) is 2. The van der Waals surface area contributed by atoms with E-state index in [0.29, 0.717) is 29.0 Å². The van der Waals surface area contributed by atoms with E-state index in [9.17, 15) is 4.79 Å². The second-order valence-electron chi connectivity index (χ2n) is 6.69. The van der Waals surface area contributed by atoms with E-state index in [2.05, 4.69) is 15.5 Å². The highest BCUT2D eigenvalue weighted by atomic mass is 32.2. The number of nitrogens with one attached hydrogen (secondary N) is 1. The Balaban J connectivity index is 1.62. The van der Waals surface area contributed by atoms with Crippen molar-refractivity contribution in [3.63, 3.8) is 0 Å². The predicted molar refractivity (Wildman–Crippen MR) is 118 cm³/mol. The Morgan fingerprint density at radius 2 is 1.77 bits per heavy atom. The molecule has 0 saturated carbocycles. The molecule has 0 unspecified atom stereocenters. The van der Waals surface area contributed by atoms with Crippen molar-refractivity contribution in [2.24, 2.45) is 0 Å². The summed E-state index contributed by atoms with van der Waals surface area (Å²) in [4.78, 5) is 12.4. The average Bonchev–Trinajstić information content (AvgIpc) is 3.15. The number of para-hydroxylation sites is 3. The Labute approximate surface area is 180 Å². The minimum atomic E-state index is -0.0742. The fourth-order valence-electron chi connectivity index (χ4n) is 3.05. The number of amides is 1. The third-order valence-electron chi connectivity index (χ3n) is 4.61. The van der Waals surface area contributed by atoms with Crippen LogP contribution in [0.5, 0.6) is 11.5 Å². The maximum absolute atomic E-state index is 12.4. The molecule has 30 heavy (non-hydrogen) atoms. The van der Waals surface area contributed by atoms with Crippen molar-refractivity contribution in [1.29, 1.82) is 0 Å². The maximum Gasteiger partial charge on any atom is 0.234 e. The van der Waals surface area contributed by atoms with Crippen molar-refractivity contribution in [2.75, 3.05) is 18.2 Å². The molecule has 1 N–H and O–H groups in total. The summed E-state index contributed by atoms with van der Waals surface area (Å²) in [5.74, 6) is 2.18. The van der Waals surface area contributed by atoms with Crippen molar-refractivity contribution in [3.05, 3.63) is 59.4 Å². The Morgan fingerprint density at radius 1 is 1.07 bits per heavy atom. The lowest BCUT2D eigenvalue weighted by Gasteiger charge is -2.12. The molecule has 7 nitrogen and oxygen atoms in total. The molecular formula is C22H26N4O3S. The van der Waals surface area contributed by atoms with Crippen LogP contribution in [-0.4, -0.2) is 33.5 Å². The van der Waals surface area contributed by atoms with Crippen LogP contribution in [0.15, 0.2) is 47.6 Å². The van der Waals surface area contributed by atoms with E-state index in [1.54, 1.807) is 7.11 Å². The molecule has 0 radical (unpaired) electrons. The van der Waals surface area contributed by atoms with Gasteiger partial charge in [-0.15, -0.1) is 10.2 Å². The van der Waals surface area contributed by atoms with Gasteiger partial charge >= 0.3 is 0 Å². The summed E-state index contributed by atoms with van der Waals surface area (Å²) in [5, 5.41) is 12.2. The zero-order chi connectivity index (χ0) is 21.5. The highest BCUT2D eigenvalue weighted by Crippen LogP contribution is 2.27. The first kappa shape index (κ1) is 21.7. The lowest BCUT2D eigenvalue weighted by molar-refractivity contribution is -0.113. The number of aryl methyl sites for hydroxylation is 2. The van der Waals surface area contributed by atoms with Crippen LogP contribution in [0.25, 0.3) is 0 Å². The number of aromatic nitrogens is 3. The molecule has 2 aromatic carbocycles. The van der Waals surface area contributed by atoms with Gasteiger partial charge in [0, 0.05) is 12.2 Å². The zero-order valence-electron chi connectivity index (χ0n) is 17.6. The summed E-state index contributed by atoms with van der Waals surface area (Å²) in [6.45, 7) is 6.92. The monoisotopic (exact) mass is 426 g/mol. The van der Waals surface area contributed by atoms with Crippen LogP contribution in [0.3, 0.4) is 0 Å². The van der Waals surface area contributed by atoms with Gasteiger partial charge < -0.3 is 19.4 Å². The number of benzene rings is 2. The first-order valence-corrected chi connectivity index (χ1v) is 10.7. The fraction of sp³-hybridized carbons (Fsp3) is 0.318. The van der Waals surface area contributed by atoms with E-state index in [4.69, 9.17) is 9.47 Å². The van der Waals surface area contributed by atoms with Gasteiger partial charge in [0.2, 0.25) is 5.91 Å². The molecule has 1 heterocycles. The minimum absolute atomic E-state index is 0.0742. The van der Waals surface area contributed by atoms with Crippen molar-refractivity contribution in [1.82, 2.24) is 14.8 Å². The molecule has 0 aliphatic carbocycles. The molecule has 3 aromatic rings. The van der Waals surface area contributed by atoms with E-state index in [1.807, 2.05) is 67.8 Å². The van der Waals surface area contributed by atoms with Gasteiger partial charge in [0.25, 0.3) is 0 Å². The summed E-state index contributed by atoms with van der Waals surface area (Å²) in [5.41, 5.74) is 2.95. The standard InChI is InChI=1S/C22H26N4O3S/c1-5-26-19(13-29-18-12-7-6-11-17(18)28-4)24-25-22(26)30-14-20(27)23-21-15(2)9-8-10-16(21)3/h6-12H,5,13-14H2,1-4H3,(H,23,27). The van der Waals surface area contributed by atoms with Crippen LogP contribution in [-0.2, 0) is 17.9 Å². The van der Waals surface area contributed by atoms with Gasteiger partial charge in [-0.25, -0.2) is 0 Å². The fourth-order valence-corrected chi connectivity index (χ4v) is 3.87. The van der Waals surface area contributed by atoms with Gasteiger partial charge in [0.1, 0.15) is 6.61 Å². The number of carbonyl (C=O) groups excluding carboxylic acids is 1. The molecule has 3 rings (SSSR count). The van der Waals surface area contributed by atoms with E-state index in [0.717, 1.165) is 16.8 Å². The van der Waals surface area contributed by atoms with Crippen LogP contribution < -0.4 is 14.8 Å². The number of anilines is 1. The van der Waals surface area contributed by atoms with Crippen molar-refractivity contribution in [2.45, 2.75) is 39.1 Å². The maximum atomic E-state index is 12.4. The Kier molecular flexibility index (Phi) is 7.35. The smallest absolute Gasteiger partial charge is 0.234 e. The molecule has 158 valence electrons. The summed E-state index contributed by atoms with van der Waals surface area (Å²) < 4.78 is 13.1. The number of nitrogens with zero attached hydrogens (tertiary/aromatic N) is 3. The van der Waals surface area contributed by atoms with Crippen LogP contribution in [0, 0.1) is 13.8 Å². The van der Waals surface area contributed by atoms with Gasteiger partial charge in [-0.1, -0.05) is 42.1 Å². The molecule has 8 heteroatoms. The minimum Gasteiger partial charge on any atom is -0.493 e. The lowest BCUT2D eigenvalue weighted by Crippen LogP contribution is -2.16. The number of hydrogen-bond acceptors (Lipinski definition) is 6. The normalized spacial score (nSPS) is 10.7. The topological polar surface area (TPSA) is 78.3 Å². The highest BCUT2D eigenvalue weighted by molar-refractivity contribution is 7.99. The number of rotatable bonds is 9. The van der Waals surface area contributed by atoms with E-state index < -0.39 is 0 Å². The van der Waals surface area contributed by atoms with Crippen molar-refractivity contribution in [3.8, 4) is 11.5 Å². The molecule has 0 saturated heterocycles. The predicted octanol–water partition coefficient (Wildman–Crippen LogP) is 4.23. The summed E-state index contributed by atoms with van der Waals surface area (Å²) in [7, 11) is 1.61. The van der Waals surface area contributed by atoms with E-state index >= 15 is 0 Å². The molecule has 0 fully saturated rings. The third kappa shape index (κ3) is 5.13. The molecule has 0 spiro atoms. The third-order valence-corrected chi connectivity index (χ3v) is 5.58. The lowest BCUT2D eigenvalue weighted by atomic mass is 10.1. The van der Waals surface area contributed by atoms with Crippen molar-refractivity contribution >= 4 is 23.4 Å². The van der Waals surface area contributed by atoms with Gasteiger partial charge in [0.05, 0.1) is 12.9 Å². The molecule has 0 aliphatic rings. The second-order valence-corrected chi connectivity index (χ2v) is 7.63. The number of carbonyl (C=O) groups is 1. The summed E-state index contributed by atoms with van der Waals surface area (Å²) >= 11 is 1.36. The number of methoxy groups -OCH3 is 1. The zero-order valence-corrected chi connectivity index (χ0v) is 18.5. The largest absolute Gasteiger partial charge is 0.493 e. The SMILES string of the molecule is CCn1c(COc2ccccc2OC)nnc1SCC(=O)Nc1c(C)cccc1C. The van der Waals surface area contributed by atoms with E-state index in [1.165, 1.54) is 11.8 Å². The van der Waals surface area contributed by atoms with Crippen LogP contribution in [0.1, 0.15) is 23.9 Å². The van der Waals surface area contributed by atoms with Gasteiger partial charge in [-0.2, -0.15) is 0 Å². The van der Waals surface area contributed by atoms with Crippen molar-refractivity contribution < 1.29 is 14.3 Å². The molecular weight excluding hydrogens is 400 g/mol. The number of thioether (sulfide) groups is 1. The Hall–Kier alpha value is -3.00. The van der Waals surface area contributed by atoms with Gasteiger partial charge in [-0.05, 0) is 44.0 Å². The molecule has 0 atom stereocenters. The molecule has 1 aromatic heterocycles. The Morgan fingerprint density at radius 3 is 2.43 bits per heavy atom.